The van der Waals surface area contributed by atoms with Gasteiger partial charge in [0.1, 0.15) is 5.82 Å². The molecule has 1 aliphatic heterocycles. The molecule has 0 radical (unpaired) electrons. The molecule has 0 aliphatic carbocycles. The zero-order valence-corrected chi connectivity index (χ0v) is 13.8. The van der Waals surface area contributed by atoms with Crippen LogP contribution in [-0.4, -0.2) is 24.2 Å². The second-order valence-corrected chi connectivity index (χ2v) is 6.28. The fourth-order valence-electron chi connectivity index (χ4n) is 2.08. The largest absolute Gasteiger partial charge is 0.314 e. The first-order chi connectivity index (χ1) is 11.1. The highest BCUT2D eigenvalue weighted by molar-refractivity contribution is 7.98. The van der Waals surface area contributed by atoms with Gasteiger partial charge in [-0.2, -0.15) is 4.83 Å². The third kappa shape index (κ3) is 4.31. The number of carbonyl (C=O) groups is 1. The van der Waals surface area contributed by atoms with Gasteiger partial charge in [-0.1, -0.05) is 43.3 Å². The maximum atomic E-state index is 14.3. The van der Waals surface area contributed by atoms with Gasteiger partial charge >= 0.3 is 0 Å². The lowest BCUT2D eigenvalue weighted by Crippen LogP contribution is -2.47. The van der Waals surface area contributed by atoms with Gasteiger partial charge in [-0.3, -0.25) is 10.2 Å². The molecule has 1 heterocycles. The van der Waals surface area contributed by atoms with Gasteiger partial charge < -0.3 is 5.32 Å². The summed E-state index contributed by atoms with van der Waals surface area (Å²) < 4.78 is 14.3. The summed E-state index contributed by atoms with van der Waals surface area (Å²) in [7, 11) is 0. The Bertz CT molecular complexity index is 653. The number of rotatable bonds is 7. The molecule has 4 nitrogen and oxygen atoms in total. The molecule has 2 rings (SSSR count). The van der Waals surface area contributed by atoms with E-state index in [9.17, 15) is 9.18 Å². The average molecular weight is 333 g/mol. The molecule has 1 fully saturated rings. The molecule has 0 spiro atoms. The predicted molar refractivity (Wildman–Crippen MR) is 94.4 cm³/mol. The number of aryl methyl sites for hydroxylation is 1. The lowest BCUT2D eigenvalue weighted by atomic mass is 9.99. The number of hydrogen-bond acceptors (Lipinski definition) is 4. The smallest absolute Gasteiger partial charge is 0.269 e. The Hall–Kier alpha value is -1.89. The molecular weight excluding hydrogens is 313 g/mol. The van der Waals surface area contributed by atoms with Gasteiger partial charge in [0.05, 0.1) is 5.56 Å². The molecule has 0 unspecified atom stereocenters. The van der Waals surface area contributed by atoms with E-state index in [-0.39, 0.29) is 5.56 Å². The Morgan fingerprint density at radius 3 is 2.74 bits per heavy atom. The molecule has 1 saturated heterocycles. The van der Waals surface area contributed by atoms with Crippen LogP contribution in [-0.2, 0) is 0 Å². The fraction of sp³-hybridized carbons (Fsp3) is 0.235. The van der Waals surface area contributed by atoms with Crippen molar-refractivity contribution in [2.75, 3.05) is 13.1 Å². The molecular formula is C17H20FN3OS. The zero-order chi connectivity index (χ0) is 16.8. The van der Waals surface area contributed by atoms with Crippen LogP contribution in [0.15, 0.2) is 43.5 Å². The van der Waals surface area contributed by atoms with Gasteiger partial charge in [-0.15, -0.1) is 0 Å². The summed E-state index contributed by atoms with van der Waals surface area (Å²) in [5, 5.41) is 3.54. The van der Waals surface area contributed by atoms with E-state index in [1.54, 1.807) is 31.2 Å². The first-order valence-corrected chi connectivity index (χ1v) is 8.12. The van der Waals surface area contributed by atoms with Crippen molar-refractivity contribution in [3.05, 3.63) is 66.0 Å². The molecule has 23 heavy (non-hydrogen) atoms. The van der Waals surface area contributed by atoms with Gasteiger partial charge in [-0.05, 0) is 35.8 Å². The number of halogens is 1. The molecule has 3 N–H and O–H groups in total. The lowest BCUT2D eigenvalue weighted by molar-refractivity contribution is 0.0942. The quantitative estimate of drug-likeness (QED) is 0.408. The summed E-state index contributed by atoms with van der Waals surface area (Å²) in [6, 6.07) is 3.21. The second-order valence-electron chi connectivity index (χ2n) is 5.17. The van der Waals surface area contributed by atoms with Crippen LogP contribution >= 0.6 is 11.9 Å². The Kier molecular flexibility index (Phi) is 6.15. The van der Waals surface area contributed by atoms with Crippen LogP contribution in [0.4, 0.5) is 4.39 Å². The highest BCUT2D eigenvalue weighted by Gasteiger charge is 2.19. The third-order valence-electron chi connectivity index (χ3n) is 3.48. The van der Waals surface area contributed by atoms with Crippen molar-refractivity contribution in [1.82, 2.24) is 15.6 Å². The minimum atomic E-state index is -0.523. The number of carbonyl (C=O) groups excluding carboxylic acids is 1. The van der Waals surface area contributed by atoms with E-state index in [2.05, 4.69) is 28.7 Å². The second kappa shape index (κ2) is 8.10. The summed E-state index contributed by atoms with van der Waals surface area (Å²) in [5.41, 5.74) is 4.42. The van der Waals surface area contributed by atoms with Crippen LogP contribution in [0.25, 0.3) is 5.57 Å². The molecule has 1 aromatic carbocycles. The molecule has 1 aliphatic rings. The minimum Gasteiger partial charge on any atom is -0.314 e. The SMILES string of the molecule is C=C/C=C(\C=C)c1cc(C)c(F)c(C(=O)NNSC2CNC2)c1. The molecule has 122 valence electrons. The number of allylic oxidation sites excluding steroid dienone is 4. The highest BCUT2D eigenvalue weighted by Crippen LogP contribution is 2.22. The first kappa shape index (κ1) is 17.5. The predicted octanol–water partition coefficient (Wildman–Crippen LogP) is 2.74. The van der Waals surface area contributed by atoms with Gasteiger partial charge in [0.2, 0.25) is 0 Å². The first-order valence-electron chi connectivity index (χ1n) is 7.24. The van der Waals surface area contributed by atoms with Crippen LogP contribution in [0.1, 0.15) is 21.5 Å². The maximum Gasteiger partial charge on any atom is 0.269 e. The maximum absolute atomic E-state index is 14.3. The normalized spacial score (nSPS) is 15.0. The average Bonchev–Trinajstić information content (AvgIpc) is 2.49. The van der Waals surface area contributed by atoms with Crippen molar-refractivity contribution >= 4 is 23.4 Å². The van der Waals surface area contributed by atoms with E-state index < -0.39 is 11.7 Å². The van der Waals surface area contributed by atoms with Gasteiger partial charge in [0.15, 0.2) is 0 Å². The monoisotopic (exact) mass is 333 g/mol. The van der Waals surface area contributed by atoms with Crippen molar-refractivity contribution in [3.8, 4) is 0 Å². The summed E-state index contributed by atoms with van der Waals surface area (Å²) in [5.74, 6) is -1.03. The van der Waals surface area contributed by atoms with Gasteiger partial charge in [0.25, 0.3) is 5.91 Å². The number of nitrogens with one attached hydrogen (secondary N) is 3. The number of hydrogen-bond donors (Lipinski definition) is 3. The Morgan fingerprint density at radius 2 is 2.17 bits per heavy atom. The van der Waals surface area contributed by atoms with Gasteiger partial charge in [-0.25, -0.2) is 4.39 Å². The van der Waals surface area contributed by atoms with Crippen LogP contribution in [0.3, 0.4) is 0 Å². The Morgan fingerprint density at radius 1 is 1.43 bits per heavy atom. The number of amides is 1. The van der Waals surface area contributed by atoms with Crippen molar-refractivity contribution < 1.29 is 9.18 Å². The fourth-order valence-corrected chi connectivity index (χ4v) is 2.80. The zero-order valence-electron chi connectivity index (χ0n) is 13.0. The van der Waals surface area contributed by atoms with Crippen LogP contribution < -0.4 is 15.6 Å². The molecule has 0 aromatic heterocycles. The molecule has 1 aromatic rings. The van der Waals surface area contributed by atoms with Crippen molar-refractivity contribution in [1.29, 1.82) is 0 Å². The van der Waals surface area contributed by atoms with Crippen molar-refractivity contribution in [2.45, 2.75) is 12.2 Å². The van der Waals surface area contributed by atoms with E-state index in [4.69, 9.17) is 0 Å². The summed E-state index contributed by atoms with van der Waals surface area (Å²) >= 11 is 1.41. The number of hydrazine groups is 1. The molecule has 0 saturated carbocycles. The molecule has 0 bridgehead atoms. The topological polar surface area (TPSA) is 53.2 Å². The molecule has 6 heteroatoms. The Labute approximate surface area is 140 Å². The van der Waals surface area contributed by atoms with E-state index in [0.29, 0.717) is 10.8 Å². The summed E-state index contributed by atoms with van der Waals surface area (Å²) in [6.07, 6.45) is 5.03. The summed E-state index contributed by atoms with van der Waals surface area (Å²) in [6.45, 7) is 10.8. The Balaban J connectivity index is 2.17. The van der Waals surface area contributed by atoms with E-state index in [1.807, 2.05) is 0 Å². The van der Waals surface area contributed by atoms with E-state index in [1.165, 1.54) is 18.0 Å². The standard InChI is InChI=1S/C17H20FN3OS/c1-4-6-12(5-2)13-7-11(3)16(18)15(8-13)17(22)20-21-23-14-9-19-10-14/h4-8,14,19,21H,1-2,9-10H2,3H3,(H,20,22)/b12-6+. The number of benzene rings is 1. The lowest BCUT2D eigenvalue weighted by Gasteiger charge is -2.26. The third-order valence-corrected chi connectivity index (χ3v) is 4.37. The van der Waals surface area contributed by atoms with Crippen LogP contribution in [0.2, 0.25) is 0 Å². The summed E-state index contributed by atoms with van der Waals surface area (Å²) in [4.78, 5) is 15.0. The van der Waals surface area contributed by atoms with Crippen LogP contribution in [0.5, 0.6) is 0 Å². The molecule has 0 atom stereocenters. The van der Waals surface area contributed by atoms with E-state index >= 15 is 0 Å². The van der Waals surface area contributed by atoms with E-state index in [0.717, 1.165) is 24.2 Å². The molecule has 1 amide bonds. The highest BCUT2D eigenvalue weighted by atomic mass is 32.2. The van der Waals surface area contributed by atoms with Crippen LogP contribution in [0, 0.1) is 12.7 Å². The minimum absolute atomic E-state index is 0.00310. The van der Waals surface area contributed by atoms with Crippen molar-refractivity contribution in [3.63, 3.8) is 0 Å². The van der Waals surface area contributed by atoms with Crippen molar-refractivity contribution in [2.24, 2.45) is 0 Å². The van der Waals surface area contributed by atoms with Gasteiger partial charge in [0, 0.05) is 18.3 Å².